The number of rotatable bonds is 6. The molecule has 0 aliphatic carbocycles. The molecule has 1 atom stereocenters. The molecule has 6 nitrogen and oxygen atoms in total. The highest BCUT2D eigenvalue weighted by Crippen LogP contribution is 2.19. The van der Waals surface area contributed by atoms with Crippen LogP contribution in [0.1, 0.15) is 27.9 Å². The van der Waals surface area contributed by atoms with Gasteiger partial charge in [-0.2, -0.15) is 0 Å². The maximum absolute atomic E-state index is 12.3. The first-order chi connectivity index (χ1) is 12.6. The minimum atomic E-state index is -0.458. The SMILES string of the molecule is O=C(CNC(=O)c1ccc(Br)o1)NC(c1ccccc1)c1ccccn1. The van der Waals surface area contributed by atoms with Gasteiger partial charge in [-0.25, -0.2) is 0 Å². The van der Waals surface area contributed by atoms with Crippen molar-refractivity contribution in [1.82, 2.24) is 15.6 Å². The average Bonchev–Trinajstić information content (AvgIpc) is 3.12. The highest BCUT2D eigenvalue weighted by atomic mass is 79.9. The Labute approximate surface area is 158 Å². The van der Waals surface area contributed by atoms with Crippen molar-refractivity contribution in [2.45, 2.75) is 6.04 Å². The molecule has 0 bridgehead atoms. The third-order valence-corrected chi connectivity index (χ3v) is 4.05. The number of benzene rings is 1. The zero-order chi connectivity index (χ0) is 18.4. The Morgan fingerprint density at radius 3 is 2.46 bits per heavy atom. The number of halogens is 1. The van der Waals surface area contributed by atoms with Crippen LogP contribution in [0.2, 0.25) is 0 Å². The zero-order valence-electron chi connectivity index (χ0n) is 13.7. The van der Waals surface area contributed by atoms with Gasteiger partial charge in [-0.05, 0) is 45.8 Å². The van der Waals surface area contributed by atoms with Crippen molar-refractivity contribution in [1.29, 1.82) is 0 Å². The topological polar surface area (TPSA) is 84.2 Å². The third kappa shape index (κ3) is 4.58. The predicted octanol–water partition coefficient (Wildman–Crippen LogP) is 3.07. The number of carbonyl (C=O) groups is 2. The van der Waals surface area contributed by atoms with Gasteiger partial charge < -0.3 is 15.1 Å². The van der Waals surface area contributed by atoms with Gasteiger partial charge in [-0.15, -0.1) is 0 Å². The molecule has 0 aliphatic heterocycles. The van der Waals surface area contributed by atoms with Crippen molar-refractivity contribution in [2.24, 2.45) is 0 Å². The second-order valence-corrected chi connectivity index (χ2v) is 6.23. The second kappa shape index (κ2) is 8.44. The summed E-state index contributed by atoms with van der Waals surface area (Å²) in [4.78, 5) is 28.6. The van der Waals surface area contributed by atoms with Gasteiger partial charge in [0.25, 0.3) is 5.91 Å². The quantitative estimate of drug-likeness (QED) is 0.650. The molecule has 0 saturated carbocycles. The Morgan fingerprint density at radius 2 is 1.81 bits per heavy atom. The van der Waals surface area contributed by atoms with Crippen LogP contribution < -0.4 is 10.6 Å². The number of carbonyl (C=O) groups excluding carboxylic acids is 2. The van der Waals surface area contributed by atoms with Crippen LogP contribution in [0.4, 0.5) is 0 Å². The van der Waals surface area contributed by atoms with E-state index in [1.807, 2.05) is 48.5 Å². The molecule has 26 heavy (non-hydrogen) atoms. The van der Waals surface area contributed by atoms with Crippen molar-refractivity contribution in [3.05, 3.63) is 88.5 Å². The number of nitrogens with one attached hydrogen (secondary N) is 2. The van der Waals surface area contributed by atoms with E-state index in [-0.39, 0.29) is 18.2 Å². The molecule has 0 fully saturated rings. The van der Waals surface area contributed by atoms with Gasteiger partial charge >= 0.3 is 0 Å². The fourth-order valence-corrected chi connectivity index (χ4v) is 2.72. The van der Waals surface area contributed by atoms with Crippen molar-refractivity contribution >= 4 is 27.7 Å². The maximum Gasteiger partial charge on any atom is 0.287 e. The maximum atomic E-state index is 12.3. The Hall–Kier alpha value is -2.93. The lowest BCUT2D eigenvalue weighted by atomic mass is 10.0. The molecule has 2 amide bonds. The molecule has 1 unspecified atom stereocenters. The number of nitrogens with zero attached hydrogens (tertiary/aromatic N) is 1. The van der Waals surface area contributed by atoms with Gasteiger partial charge in [0.15, 0.2) is 10.4 Å². The molecule has 1 aromatic carbocycles. The van der Waals surface area contributed by atoms with Crippen molar-refractivity contribution < 1.29 is 14.0 Å². The molecule has 2 N–H and O–H groups in total. The first-order valence-corrected chi connectivity index (χ1v) is 8.71. The molecule has 0 radical (unpaired) electrons. The number of pyridine rings is 1. The standard InChI is InChI=1S/C19H16BrN3O3/c20-16-10-9-15(26-16)19(25)22-12-17(24)23-18(13-6-2-1-3-7-13)14-8-4-5-11-21-14/h1-11,18H,12H2,(H,22,25)(H,23,24). The first kappa shape index (κ1) is 17.9. The summed E-state index contributed by atoms with van der Waals surface area (Å²) in [5.41, 5.74) is 1.62. The molecule has 3 rings (SSSR count). The summed E-state index contributed by atoms with van der Waals surface area (Å²) in [5, 5.41) is 5.44. The summed E-state index contributed by atoms with van der Waals surface area (Å²) in [6.45, 7) is -0.173. The summed E-state index contributed by atoms with van der Waals surface area (Å²) < 4.78 is 5.61. The molecular weight excluding hydrogens is 398 g/mol. The first-order valence-electron chi connectivity index (χ1n) is 7.92. The number of furan rings is 1. The van der Waals surface area contributed by atoms with Crippen molar-refractivity contribution in [2.75, 3.05) is 6.54 Å². The number of aromatic nitrogens is 1. The Morgan fingerprint density at radius 1 is 1.04 bits per heavy atom. The highest BCUT2D eigenvalue weighted by Gasteiger charge is 2.19. The number of amides is 2. The van der Waals surface area contributed by atoms with Crippen LogP contribution >= 0.6 is 15.9 Å². The third-order valence-electron chi connectivity index (χ3n) is 3.63. The van der Waals surface area contributed by atoms with E-state index in [0.29, 0.717) is 10.4 Å². The molecule has 2 heterocycles. The van der Waals surface area contributed by atoms with E-state index in [2.05, 4.69) is 31.5 Å². The largest absolute Gasteiger partial charge is 0.444 e. The summed E-state index contributed by atoms with van der Waals surface area (Å²) in [6.07, 6.45) is 1.67. The van der Waals surface area contributed by atoms with Crippen LogP contribution in [0.3, 0.4) is 0 Å². The van der Waals surface area contributed by atoms with Crippen LogP contribution in [-0.2, 0) is 4.79 Å². The van der Waals surface area contributed by atoms with Crippen LogP contribution in [0, 0.1) is 0 Å². The van der Waals surface area contributed by atoms with Gasteiger partial charge in [0.1, 0.15) is 0 Å². The molecule has 0 spiro atoms. The van der Waals surface area contributed by atoms with Crippen LogP contribution in [0.15, 0.2) is 75.9 Å². The summed E-state index contributed by atoms with van der Waals surface area (Å²) in [6, 6.07) is 17.8. The summed E-state index contributed by atoms with van der Waals surface area (Å²) >= 11 is 3.13. The molecule has 0 aliphatic rings. The van der Waals surface area contributed by atoms with Gasteiger partial charge in [0.05, 0.1) is 18.3 Å². The Bertz CT molecular complexity index is 842. The zero-order valence-corrected chi connectivity index (χ0v) is 15.3. The molecule has 2 aromatic heterocycles. The molecule has 3 aromatic rings. The number of hydrogen-bond acceptors (Lipinski definition) is 4. The molecular formula is C19H16BrN3O3. The summed E-state index contributed by atoms with van der Waals surface area (Å²) in [7, 11) is 0. The fraction of sp³-hybridized carbons (Fsp3) is 0.105. The van der Waals surface area contributed by atoms with Gasteiger partial charge in [-0.3, -0.25) is 14.6 Å². The smallest absolute Gasteiger partial charge is 0.287 e. The van der Waals surface area contributed by atoms with Crippen LogP contribution in [-0.4, -0.2) is 23.3 Å². The monoisotopic (exact) mass is 413 g/mol. The Balaban J connectivity index is 1.67. The van der Waals surface area contributed by atoms with Crippen LogP contribution in [0.5, 0.6) is 0 Å². The fourth-order valence-electron chi connectivity index (χ4n) is 2.42. The predicted molar refractivity (Wildman–Crippen MR) is 99.4 cm³/mol. The van der Waals surface area contributed by atoms with Gasteiger partial charge in [0.2, 0.25) is 5.91 Å². The van der Waals surface area contributed by atoms with Crippen LogP contribution in [0.25, 0.3) is 0 Å². The van der Waals surface area contributed by atoms with E-state index in [4.69, 9.17) is 4.42 Å². The van der Waals surface area contributed by atoms with E-state index >= 15 is 0 Å². The average molecular weight is 414 g/mol. The van der Waals surface area contributed by atoms with E-state index in [0.717, 1.165) is 5.56 Å². The van der Waals surface area contributed by atoms with E-state index in [1.54, 1.807) is 12.3 Å². The van der Waals surface area contributed by atoms with E-state index in [9.17, 15) is 9.59 Å². The summed E-state index contributed by atoms with van der Waals surface area (Å²) in [5.74, 6) is -0.655. The highest BCUT2D eigenvalue weighted by molar-refractivity contribution is 9.10. The lowest BCUT2D eigenvalue weighted by molar-refractivity contribution is -0.120. The Kier molecular flexibility index (Phi) is 5.80. The molecule has 0 saturated heterocycles. The van der Waals surface area contributed by atoms with E-state index < -0.39 is 11.9 Å². The second-order valence-electron chi connectivity index (χ2n) is 5.45. The van der Waals surface area contributed by atoms with Gasteiger partial charge in [0, 0.05) is 6.20 Å². The van der Waals surface area contributed by atoms with Crippen molar-refractivity contribution in [3.63, 3.8) is 0 Å². The molecule has 132 valence electrons. The molecule has 7 heteroatoms. The normalized spacial score (nSPS) is 11.6. The lowest BCUT2D eigenvalue weighted by Crippen LogP contribution is -2.39. The lowest BCUT2D eigenvalue weighted by Gasteiger charge is -2.19. The van der Waals surface area contributed by atoms with Gasteiger partial charge in [-0.1, -0.05) is 36.4 Å². The minimum Gasteiger partial charge on any atom is -0.444 e. The van der Waals surface area contributed by atoms with Crippen molar-refractivity contribution in [3.8, 4) is 0 Å². The number of hydrogen-bond donors (Lipinski definition) is 2. The minimum absolute atomic E-state index is 0.133. The van der Waals surface area contributed by atoms with E-state index in [1.165, 1.54) is 6.07 Å².